The van der Waals surface area contributed by atoms with Crippen molar-refractivity contribution in [1.82, 2.24) is 0 Å². The Labute approximate surface area is 76.0 Å². The van der Waals surface area contributed by atoms with Gasteiger partial charge in [0.25, 0.3) is 0 Å². The minimum Gasteiger partial charge on any atom is -0.618 e. The summed E-state index contributed by atoms with van der Waals surface area (Å²) < 4.78 is 0.605. The largest absolute Gasteiger partial charge is 0.618 e. The maximum absolute atomic E-state index is 11.2. The number of rotatable bonds is 2. The minimum atomic E-state index is -1.08. The summed E-state index contributed by atoms with van der Waals surface area (Å²) in [6.45, 7) is 3.76. The number of carbonyl (C=O) groups is 1. The van der Waals surface area contributed by atoms with Gasteiger partial charge in [-0.05, 0) is 6.07 Å². The lowest BCUT2D eigenvalue weighted by Crippen LogP contribution is -2.33. The maximum atomic E-state index is 11.2. The van der Waals surface area contributed by atoms with E-state index in [0.717, 1.165) is 6.20 Å². The number of aromatic nitrogens is 1. The summed E-state index contributed by atoms with van der Waals surface area (Å²) in [5, 5.41) is 19.8. The highest BCUT2D eigenvalue weighted by atomic mass is 16.5. The van der Waals surface area contributed by atoms with E-state index in [2.05, 4.69) is 0 Å². The van der Waals surface area contributed by atoms with Crippen molar-refractivity contribution in [2.45, 2.75) is 19.8 Å². The Bertz CT molecular complexity index is 334. The van der Waals surface area contributed by atoms with Crippen molar-refractivity contribution in [3.05, 3.63) is 34.8 Å². The van der Waals surface area contributed by atoms with Crippen LogP contribution in [0.25, 0.3) is 0 Å². The summed E-state index contributed by atoms with van der Waals surface area (Å²) >= 11 is 0. The molecule has 1 aromatic heterocycles. The van der Waals surface area contributed by atoms with Crippen molar-refractivity contribution in [2.24, 2.45) is 0 Å². The van der Waals surface area contributed by atoms with Crippen LogP contribution in [0.4, 0.5) is 0 Å². The fourth-order valence-electron chi connectivity index (χ4n) is 1.07. The molecule has 0 aliphatic rings. The van der Waals surface area contributed by atoms with Crippen LogP contribution in [0.1, 0.15) is 35.8 Å². The van der Waals surface area contributed by atoms with Gasteiger partial charge in [-0.2, -0.15) is 4.73 Å². The monoisotopic (exact) mass is 181 g/mol. The Kier molecular flexibility index (Phi) is 2.51. The van der Waals surface area contributed by atoms with Crippen molar-refractivity contribution < 1.29 is 14.6 Å². The van der Waals surface area contributed by atoms with Crippen molar-refractivity contribution in [3.8, 4) is 0 Å². The topological polar surface area (TPSA) is 64.2 Å². The van der Waals surface area contributed by atoms with Crippen LogP contribution in [-0.2, 0) is 0 Å². The first-order valence-electron chi connectivity index (χ1n) is 3.98. The molecule has 13 heavy (non-hydrogen) atoms. The average Bonchev–Trinajstić information content (AvgIpc) is 2.03. The molecular formula is C9H11NO3. The first kappa shape index (κ1) is 9.51. The smallest absolute Gasteiger partial charge is 0.341 e. The van der Waals surface area contributed by atoms with Crippen LogP contribution in [0.15, 0.2) is 18.3 Å². The van der Waals surface area contributed by atoms with Gasteiger partial charge in [0.05, 0.1) is 0 Å². The molecule has 0 fully saturated rings. The lowest BCUT2D eigenvalue weighted by molar-refractivity contribution is -0.615. The van der Waals surface area contributed by atoms with E-state index in [1.807, 2.05) is 13.8 Å². The van der Waals surface area contributed by atoms with E-state index < -0.39 is 5.97 Å². The Balaban J connectivity index is 3.13. The molecule has 0 atom stereocenters. The molecular weight excluding hydrogens is 170 g/mol. The molecule has 4 heteroatoms. The first-order chi connectivity index (χ1) is 6.02. The van der Waals surface area contributed by atoms with E-state index in [-0.39, 0.29) is 11.5 Å². The molecule has 70 valence electrons. The van der Waals surface area contributed by atoms with Crippen LogP contribution >= 0.6 is 0 Å². The molecule has 0 aromatic carbocycles. The fraction of sp³-hybridized carbons (Fsp3) is 0.333. The number of hydrogen-bond donors (Lipinski definition) is 1. The minimum absolute atomic E-state index is 0.0133. The van der Waals surface area contributed by atoms with E-state index in [1.54, 1.807) is 6.07 Å². The third kappa shape index (κ3) is 1.96. The number of aromatic carboxylic acids is 1. The molecule has 0 radical (unpaired) electrons. The van der Waals surface area contributed by atoms with Crippen LogP contribution in [0.2, 0.25) is 0 Å². The van der Waals surface area contributed by atoms with Gasteiger partial charge in [0.1, 0.15) is 5.56 Å². The normalized spacial score (nSPS) is 10.4. The Morgan fingerprint density at radius 3 is 2.54 bits per heavy atom. The summed E-state index contributed by atoms with van der Waals surface area (Å²) in [6, 6.07) is 2.98. The number of pyridine rings is 1. The molecule has 0 aliphatic carbocycles. The van der Waals surface area contributed by atoms with Crippen molar-refractivity contribution in [2.75, 3.05) is 0 Å². The summed E-state index contributed by atoms with van der Waals surface area (Å²) in [6.07, 6.45) is 1.08. The Morgan fingerprint density at radius 1 is 1.54 bits per heavy atom. The number of hydrogen-bond acceptors (Lipinski definition) is 2. The highest BCUT2D eigenvalue weighted by Crippen LogP contribution is 2.09. The van der Waals surface area contributed by atoms with Gasteiger partial charge in [0, 0.05) is 12.0 Å². The second kappa shape index (κ2) is 3.43. The summed E-state index contributed by atoms with van der Waals surface area (Å²) in [5.41, 5.74) is 0.587. The van der Waals surface area contributed by atoms with Gasteiger partial charge in [0.15, 0.2) is 11.9 Å². The standard InChI is InChI=1S/C9H11NO3/c1-6(2)8-4-3-7(9(11)12)5-10(8)13/h3-6H,1-2H3,(H,11,12). The number of nitrogens with zero attached hydrogens (tertiary/aromatic N) is 1. The van der Waals surface area contributed by atoms with E-state index >= 15 is 0 Å². The Morgan fingerprint density at radius 2 is 2.15 bits per heavy atom. The van der Waals surface area contributed by atoms with Crippen LogP contribution in [-0.4, -0.2) is 11.1 Å². The van der Waals surface area contributed by atoms with Gasteiger partial charge < -0.3 is 10.3 Å². The molecule has 1 aromatic rings. The van der Waals surface area contributed by atoms with Crippen molar-refractivity contribution in [3.63, 3.8) is 0 Å². The van der Waals surface area contributed by atoms with Gasteiger partial charge >= 0.3 is 5.97 Å². The number of carboxylic acid groups (broad SMARTS) is 1. The molecule has 1 N–H and O–H groups in total. The van der Waals surface area contributed by atoms with Crippen LogP contribution in [0.5, 0.6) is 0 Å². The van der Waals surface area contributed by atoms with Gasteiger partial charge in [-0.3, -0.25) is 0 Å². The second-order valence-corrected chi connectivity index (χ2v) is 3.13. The summed E-state index contributed by atoms with van der Waals surface area (Å²) in [5.74, 6) is -0.986. The van der Waals surface area contributed by atoms with Crippen molar-refractivity contribution in [1.29, 1.82) is 0 Å². The van der Waals surface area contributed by atoms with Gasteiger partial charge in [-0.1, -0.05) is 13.8 Å². The molecule has 4 nitrogen and oxygen atoms in total. The van der Waals surface area contributed by atoms with Crippen molar-refractivity contribution >= 4 is 5.97 Å². The quantitative estimate of drug-likeness (QED) is 0.549. The molecule has 1 rings (SSSR count). The predicted octanol–water partition coefficient (Wildman–Crippen LogP) is 1.14. The number of carboxylic acids is 1. The molecule has 1 heterocycles. The molecule has 0 bridgehead atoms. The second-order valence-electron chi connectivity index (χ2n) is 3.13. The molecule has 0 unspecified atom stereocenters. The lowest BCUT2D eigenvalue weighted by atomic mass is 10.1. The molecule has 0 amide bonds. The van der Waals surface area contributed by atoms with E-state index in [1.165, 1.54) is 6.07 Å². The third-order valence-electron chi connectivity index (χ3n) is 1.78. The lowest BCUT2D eigenvalue weighted by Gasteiger charge is -2.06. The molecule has 0 aliphatic heterocycles. The summed E-state index contributed by atoms with van der Waals surface area (Å²) in [4.78, 5) is 10.5. The maximum Gasteiger partial charge on any atom is 0.341 e. The SMILES string of the molecule is CC(C)c1ccc(C(=O)O)c[n+]1[O-]. The molecule has 0 saturated heterocycles. The third-order valence-corrected chi connectivity index (χ3v) is 1.78. The zero-order chi connectivity index (χ0) is 10.0. The predicted molar refractivity (Wildman–Crippen MR) is 46.5 cm³/mol. The van der Waals surface area contributed by atoms with Gasteiger partial charge in [-0.25, -0.2) is 4.79 Å². The fourth-order valence-corrected chi connectivity index (χ4v) is 1.07. The molecule has 0 saturated carbocycles. The highest BCUT2D eigenvalue weighted by Gasteiger charge is 2.13. The van der Waals surface area contributed by atoms with Gasteiger partial charge in [-0.15, -0.1) is 0 Å². The zero-order valence-corrected chi connectivity index (χ0v) is 7.52. The van der Waals surface area contributed by atoms with E-state index in [9.17, 15) is 10.0 Å². The van der Waals surface area contributed by atoms with E-state index in [0.29, 0.717) is 10.4 Å². The molecule has 0 spiro atoms. The van der Waals surface area contributed by atoms with Gasteiger partial charge in [0.2, 0.25) is 0 Å². The van der Waals surface area contributed by atoms with E-state index in [4.69, 9.17) is 5.11 Å². The average molecular weight is 181 g/mol. The Hall–Kier alpha value is -1.58. The van der Waals surface area contributed by atoms with Crippen LogP contribution < -0.4 is 4.73 Å². The first-order valence-corrected chi connectivity index (χ1v) is 3.98. The van der Waals surface area contributed by atoms with Crippen LogP contribution in [0.3, 0.4) is 0 Å². The zero-order valence-electron chi connectivity index (χ0n) is 7.52. The van der Waals surface area contributed by atoms with Crippen LogP contribution in [0, 0.1) is 5.21 Å². The highest BCUT2D eigenvalue weighted by molar-refractivity contribution is 5.86. The summed E-state index contributed by atoms with van der Waals surface area (Å²) in [7, 11) is 0.